The summed E-state index contributed by atoms with van der Waals surface area (Å²) in [6.45, 7) is 10.3. The van der Waals surface area contributed by atoms with E-state index in [0.717, 1.165) is 25.7 Å². The van der Waals surface area contributed by atoms with Gasteiger partial charge in [0.2, 0.25) is 0 Å². The number of carbonyl (C=O) groups excluding carboxylic acids is 2. The molecule has 2 saturated heterocycles. The lowest BCUT2D eigenvalue weighted by Gasteiger charge is -2.31. The molecular formula is C20H30O5. The Labute approximate surface area is 149 Å². The summed E-state index contributed by atoms with van der Waals surface area (Å²) in [4.78, 5) is 24.4. The van der Waals surface area contributed by atoms with Gasteiger partial charge in [0.15, 0.2) is 0 Å². The van der Waals surface area contributed by atoms with Crippen molar-refractivity contribution in [1.82, 2.24) is 0 Å². The maximum Gasteiger partial charge on any atom is 0.309 e. The molecular weight excluding hydrogens is 320 g/mol. The molecule has 5 heteroatoms. The molecule has 25 heavy (non-hydrogen) atoms. The summed E-state index contributed by atoms with van der Waals surface area (Å²) < 4.78 is 17.9. The second-order valence-corrected chi connectivity index (χ2v) is 9.08. The third kappa shape index (κ3) is 2.30. The zero-order chi connectivity index (χ0) is 18.1. The summed E-state index contributed by atoms with van der Waals surface area (Å²) in [5.41, 5.74) is -0.485. The van der Waals surface area contributed by atoms with E-state index in [2.05, 4.69) is 13.8 Å². The monoisotopic (exact) mass is 350 g/mol. The van der Waals surface area contributed by atoms with Gasteiger partial charge >= 0.3 is 11.9 Å². The fraction of sp³-hybridized carbons (Fsp3) is 0.900. The summed E-state index contributed by atoms with van der Waals surface area (Å²) in [6.07, 6.45) is 3.14. The fourth-order valence-electron chi connectivity index (χ4n) is 5.82. The minimum atomic E-state index is -0.255. The third-order valence-electron chi connectivity index (χ3n) is 7.59. The highest BCUT2D eigenvalue weighted by molar-refractivity contribution is 5.75. The van der Waals surface area contributed by atoms with E-state index in [1.54, 1.807) is 0 Å². The molecule has 0 aromatic rings. The lowest BCUT2D eigenvalue weighted by molar-refractivity contribution is -0.159. The molecule has 2 heterocycles. The van der Waals surface area contributed by atoms with Crippen molar-refractivity contribution < 1.29 is 23.8 Å². The average Bonchev–Trinajstić information content (AvgIpc) is 2.98. The molecule has 4 rings (SSSR count). The normalized spacial score (nSPS) is 51.6. The van der Waals surface area contributed by atoms with Crippen molar-refractivity contribution >= 4 is 11.9 Å². The number of hydrogen-bond acceptors (Lipinski definition) is 5. The zero-order valence-corrected chi connectivity index (χ0v) is 15.9. The summed E-state index contributed by atoms with van der Waals surface area (Å²) in [5, 5.41) is 0. The molecule has 4 fully saturated rings. The van der Waals surface area contributed by atoms with E-state index in [4.69, 9.17) is 14.2 Å². The first-order valence-corrected chi connectivity index (χ1v) is 9.83. The van der Waals surface area contributed by atoms with Crippen molar-refractivity contribution in [3.8, 4) is 0 Å². The van der Waals surface area contributed by atoms with Crippen molar-refractivity contribution in [3.05, 3.63) is 0 Å². The van der Waals surface area contributed by atoms with Gasteiger partial charge in [-0.3, -0.25) is 9.59 Å². The number of fused-ring (bicyclic) bond motifs is 1. The number of carbonyl (C=O) groups is 2. The molecule has 2 aliphatic carbocycles. The van der Waals surface area contributed by atoms with Gasteiger partial charge in [0.1, 0.15) is 17.8 Å². The number of esters is 2. The third-order valence-corrected chi connectivity index (χ3v) is 7.59. The van der Waals surface area contributed by atoms with Gasteiger partial charge in [-0.2, -0.15) is 0 Å². The lowest BCUT2D eigenvalue weighted by Crippen LogP contribution is -2.38. The van der Waals surface area contributed by atoms with Gasteiger partial charge in [0.25, 0.3) is 0 Å². The van der Waals surface area contributed by atoms with Crippen molar-refractivity contribution in [3.63, 3.8) is 0 Å². The first kappa shape index (κ1) is 17.3. The van der Waals surface area contributed by atoms with E-state index in [1.165, 1.54) is 0 Å². The van der Waals surface area contributed by atoms with Crippen LogP contribution in [-0.4, -0.2) is 35.3 Å². The molecule has 1 spiro atoms. The second-order valence-electron chi connectivity index (χ2n) is 9.08. The van der Waals surface area contributed by atoms with Gasteiger partial charge in [-0.05, 0) is 32.1 Å². The van der Waals surface area contributed by atoms with Crippen LogP contribution in [0.3, 0.4) is 0 Å². The van der Waals surface area contributed by atoms with E-state index in [9.17, 15) is 9.59 Å². The number of hydrogen-bond donors (Lipinski definition) is 0. The minimum absolute atomic E-state index is 0.0168. The van der Waals surface area contributed by atoms with Crippen molar-refractivity contribution in [2.24, 2.45) is 29.6 Å². The van der Waals surface area contributed by atoms with Crippen LogP contribution in [-0.2, 0) is 23.8 Å². The van der Waals surface area contributed by atoms with Crippen LogP contribution in [0, 0.1) is 29.6 Å². The van der Waals surface area contributed by atoms with E-state index >= 15 is 0 Å². The van der Waals surface area contributed by atoms with Gasteiger partial charge < -0.3 is 14.2 Å². The number of rotatable bonds is 3. The Bertz CT molecular complexity index is 603. The van der Waals surface area contributed by atoms with Gasteiger partial charge in [-0.25, -0.2) is 0 Å². The molecule has 1 unspecified atom stereocenters. The van der Waals surface area contributed by atoms with Crippen LogP contribution in [0.15, 0.2) is 0 Å². The molecule has 0 aromatic carbocycles. The first-order valence-electron chi connectivity index (χ1n) is 9.83. The maximum atomic E-state index is 12.4. The Hall–Kier alpha value is -1.10. The van der Waals surface area contributed by atoms with Crippen LogP contribution in [0.4, 0.5) is 0 Å². The Kier molecular flexibility index (Phi) is 3.77. The van der Waals surface area contributed by atoms with Crippen LogP contribution in [0.1, 0.15) is 60.3 Å². The summed E-state index contributed by atoms with van der Waals surface area (Å²) in [5.74, 6) is 0.407. The number of epoxide rings is 1. The zero-order valence-electron chi connectivity index (χ0n) is 15.9. The highest BCUT2D eigenvalue weighted by atomic mass is 16.6. The van der Waals surface area contributed by atoms with Crippen molar-refractivity contribution in [2.75, 3.05) is 0 Å². The highest BCUT2D eigenvalue weighted by Crippen LogP contribution is 2.69. The van der Waals surface area contributed by atoms with Crippen LogP contribution >= 0.6 is 0 Å². The van der Waals surface area contributed by atoms with Gasteiger partial charge in [0.05, 0.1) is 17.4 Å². The molecule has 0 aromatic heterocycles. The van der Waals surface area contributed by atoms with Crippen LogP contribution in [0.25, 0.3) is 0 Å². The molecule has 2 saturated carbocycles. The first-order chi connectivity index (χ1) is 11.7. The Morgan fingerprint density at radius 1 is 1.36 bits per heavy atom. The molecule has 140 valence electrons. The SMILES string of the molecule is CC[C@H](C)C(=O)O[C@H]1C[C@@]2(C)O[C@]23C[C@@H]2[C@H](C)C(=O)O[C@@H]2C[C@@H](C)C13. The number of ether oxygens (including phenoxy) is 3. The summed E-state index contributed by atoms with van der Waals surface area (Å²) in [6, 6.07) is 0. The van der Waals surface area contributed by atoms with E-state index in [1.807, 2.05) is 20.8 Å². The molecule has 0 N–H and O–H groups in total. The van der Waals surface area contributed by atoms with E-state index in [0.29, 0.717) is 5.92 Å². The van der Waals surface area contributed by atoms with Gasteiger partial charge in [-0.15, -0.1) is 0 Å². The Morgan fingerprint density at radius 2 is 2.08 bits per heavy atom. The predicted molar refractivity (Wildman–Crippen MR) is 90.6 cm³/mol. The van der Waals surface area contributed by atoms with Crippen LogP contribution < -0.4 is 0 Å². The molecule has 0 radical (unpaired) electrons. The standard InChI is InChI=1S/C20H30O5/c1-6-10(2)17(21)24-15-9-19(5)20(25-19)8-13-12(4)18(22)23-14(13)7-11(3)16(15)20/h10-16H,6-9H2,1-5H3/t10-,11+,12-,13+,14+,15-,16?,19+,20-/m0/s1. The van der Waals surface area contributed by atoms with Crippen LogP contribution in [0.2, 0.25) is 0 Å². The minimum Gasteiger partial charge on any atom is -0.462 e. The molecule has 0 amide bonds. The fourth-order valence-corrected chi connectivity index (χ4v) is 5.82. The van der Waals surface area contributed by atoms with Crippen LogP contribution in [0.5, 0.6) is 0 Å². The maximum absolute atomic E-state index is 12.4. The largest absolute Gasteiger partial charge is 0.462 e. The summed E-state index contributed by atoms with van der Waals surface area (Å²) in [7, 11) is 0. The van der Waals surface area contributed by atoms with Crippen molar-refractivity contribution in [1.29, 1.82) is 0 Å². The van der Waals surface area contributed by atoms with E-state index < -0.39 is 0 Å². The smallest absolute Gasteiger partial charge is 0.309 e. The highest BCUT2D eigenvalue weighted by Gasteiger charge is 2.80. The van der Waals surface area contributed by atoms with Gasteiger partial charge in [0, 0.05) is 18.3 Å². The Morgan fingerprint density at radius 3 is 2.76 bits per heavy atom. The summed E-state index contributed by atoms with van der Waals surface area (Å²) >= 11 is 0. The second kappa shape index (κ2) is 5.45. The topological polar surface area (TPSA) is 65.1 Å². The lowest BCUT2D eigenvalue weighted by atomic mass is 9.77. The van der Waals surface area contributed by atoms with Crippen molar-refractivity contribution in [2.45, 2.75) is 83.7 Å². The molecule has 4 aliphatic rings. The predicted octanol–water partition coefficient (Wildman–Crippen LogP) is 3.10. The quantitative estimate of drug-likeness (QED) is 0.578. The average molecular weight is 350 g/mol. The molecule has 0 bridgehead atoms. The van der Waals surface area contributed by atoms with Gasteiger partial charge in [-0.1, -0.05) is 27.7 Å². The molecule has 2 aliphatic heterocycles. The Balaban J connectivity index is 1.60. The molecule has 9 atom stereocenters. The molecule has 5 nitrogen and oxygen atoms in total. The van der Waals surface area contributed by atoms with E-state index in [-0.39, 0.29) is 59.0 Å².